The minimum Gasteiger partial charge on any atom is -0.376 e. The van der Waals surface area contributed by atoms with Crippen LogP contribution in [0.15, 0.2) is 0 Å². The molecular weight excluding hydrogens is 278 g/mol. The number of piperidine rings is 1. The van der Waals surface area contributed by atoms with Crippen molar-refractivity contribution >= 4 is 5.91 Å². The van der Waals surface area contributed by atoms with Gasteiger partial charge < -0.3 is 9.64 Å². The molecule has 0 spiro atoms. The van der Waals surface area contributed by atoms with Crippen LogP contribution in [0.25, 0.3) is 0 Å². The number of hydrogen-bond donors (Lipinski definition) is 1. The molecule has 5 heteroatoms. The van der Waals surface area contributed by atoms with E-state index in [2.05, 4.69) is 24.0 Å². The largest absolute Gasteiger partial charge is 0.376 e. The van der Waals surface area contributed by atoms with Gasteiger partial charge in [0.15, 0.2) is 0 Å². The predicted molar refractivity (Wildman–Crippen MR) is 86.9 cm³/mol. The van der Waals surface area contributed by atoms with E-state index in [1.54, 1.807) is 0 Å². The molecule has 1 saturated heterocycles. The van der Waals surface area contributed by atoms with E-state index in [0.29, 0.717) is 6.42 Å². The summed E-state index contributed by atoms with van der Waals surface area (Å²) in [6.45, 7) is 10.6. The number of aromatic amines is 1. The number of likely N-dealkylation sites (tertiary alicyclic amines) is 1. The fraction of sp³-hybridized carbons (Fsp3) is 0.765. The van der Waals surface area contributed by atoms with Gasteiger partial charge in [-0.2, -0.15) is 5.10 Å². The highest BCUT2D eigenvalue weighted by Gasteiger charge is 2.26. The lowest BCUT2D eigenvalue weighted by Crippen LogP contribution is -2.43. The van der Waals surface area contributed by atoms with Crippen molar-refractivity contribution in [1.82, 2.24) is 15.1 Å². The van der Waals surface area contributed by atoms with E-state index in [1.165, 1.54) is 5.56 Å². The van der Waals surface area contributed by atoms with E-state index < -0.39 is 0 Å². The molecule has 1 amide bonds. The monoisotopic (exact) mass is 307 g/mol. The van der Waals surface area contributed by atoms with Crippen molar-refractivity contribution in [3.63, 3.8) is 0 Å². The number of nitrogens with zero attached hydrogens (tertiary/aromatic N) is 2. The highest BCUT2D eigenvalue weighted by atomic mass is 16.5. The topological polar surface area (TPSA) is 58.2 Å². The van der Waals surface area contributed by atoms with Crippen LogP contribution in [0.4, 0.5) is 0 Å². The average molecular weight is 307 g/mol. The summed E-state index contributed by atoms with van der Waals surface area (Å²) in [5.74, 6) is 0.431. The van der Waals surface area contributed by atoms with Crippen molar-refractivity contribution in [2.75, 3.05) is 19.7 Å². The molecule has 0 saturated carbocycles. The summed E-state index contributed by atoms with van der Waals surface area (Å²) in [6.07, 6.45) is 3.89. The number of aryl methyl sites for hydroxylation is 2. The van der Waals surface area contributed by atoms with Gasteiger partial charge in [-0.15, -0.1) is 0 Å². The van der Waals surface area contributed by atoms with Crippen molar-refractivity contribution in [1.29, 1.82) is 0 Å². The van der Waals surface area contributed by atoms with E-state index in [4.69, 9.17) is 4.74 Å². The number of ether oxygens (including phenoxy) is 1. The molecule has 1 N–H and O–H groups in total. The first-order valence-electron chi connectivity index (χ1n) is 8.43. The summed E-state index contributed by atoms with van der Waals surface area (Å²) in [5, 5.41) is 7.24. The number of carbonyl (C=O) groups excluding carboxylic acids is 1. The van der Waals surface area contributed by atoms with Gasteiger partial charge in [-0.05, 0) is 44.6 Å². The number of rotatable bonds is 6. The third-order valence-corrected chi connectivity index (χ3v) is 4.45. The molecule has 2 heterocycles. The fourth-order valence-corrected chi connectivity index (χ4v) is 3.36. The minimum atomic E-state index is 0.197. The number of hydrogen-bond acceptors (Lipinski definition) is 3. The first-order valence-corrected chi connectivity index (χ1v) is 8.43. The first-order chi connectivity index (χ1) is 10.5. The molecule has 1 aliphatic heterocycles. The molecule has 0 unspecified atom stereocenters. The van der Waals surface area contributed by atoms with Gasteiger partial charge in [0.05, 0.1) is 11.8 Å². The van der Waals surface area contributed by atoms with Crippen LogP contribution in [0.5, 0.6) is 0 Å². The van der Waals surface area contributed by atoms with E-state index in [-0.39, 0.29) is 17.9 Å². The summed E-state index contributed by atoms with van der Waals surface area (Å²) < 4.78 is 5.82. The second kappa shape index (κ2) is 7.77. The summed E-state index contributed by atoms with van der Waals surface area (Å²) in [7, 11) is 0. The molecule has 0 aromatic carbocycles. The van der Waals surface area contributed by atoms with Gasteiger partial charge >= 0.3 is 0 Å². The zero-order valence-electron chi connectivity index (χ0n) is 14.3. The van der Waals surface area contributed by atoms with Gasteiger partial charge in [0, 0.05) is 31.8 Å². The third kappa shape index (κ3) is 4.09. The van der Waals surface area contributed by atoms with Crippen LogP contribution < -0.4 is 0 Å². The highest BCUT2D eigenvalue weighted by Crippen LogP contribution is 2.26. The molecule has 0 bridgehead atoms. The van der Waals surface area contributed by atoms with Crippen LogP contribution in [-0.2, 0) is 9.53 Å². The zero-order valence-corrected chi connectivity index (χ0v) is 14.3. The van der Waals surface area contributed by atoms with Gasteiger partial charge in [0.2, 0.25) is 5.91 Å². The maximum Gasteiger partial charge on any atom is 0.223 e. The molecule has 1 fully saturated rings. The summed E-state index contributed by atoms with van der Waals surface area (Å²) in [5.41, 5.74) is 3.25. The Labute approximate surface area is 133 Å². The molecule has 0 aliphatic carbocycles. The maximum atomic E-state index is 12.6. The van der Waals surface area contributed by atoms with Gasteiger partial charge in [0.25, 0.3) is 0 Å². The molecule has 1 aromatic rings. The molecule has 5 nitrogen and oxygen atoms in total. The smallest absolute Gasteiger partial charge is 0.223 e. The Kier molecular flexibility index (Phi) is 6.00. The lowest BCUT2D eigenvalue weighted by atomic mass is 9.95. The van der Waals surface area contributed by atoms with Crippen LogP contribution in [-0.4, -0.2) is 46.8 Å². The summed E-state index contributed by atoms with van der Waals surface area (Å²) >= 11 is 0. The number of carbonyl (C=O) groups is 1. The molecule has 1 aromatic heterocycles. The second-order valence-electron chi connectivity index (χ2n) is 6.43. The highest BCUT2D eigenvalue weighted by molar-refractivity contribution is 5.77. The minimum absolute atomic E-state index is 0.197. The van der Waals surface area contributed by atoms with Crippen LogP contribution in [0.3, 0.4) is 0 Å². The Morgan fingerprint density at radius 2 is 2.27 bits per heavy atom. The van der Waals surface area contributed by atoms with Crippen LogP contribution in [0, 0.1) is 13.8 Å². The Hall–Kier alpha value is -1.36. The van der Waals surface area contributed by atoms with Crippen LogP contribution >= 0.6 is 0 Å². The molecular formula is C17H29N3O2. The van der Waals surface area contributed by atoms with Crippen molar-refractivity contribution in [3.8, 4) is 0 Å². The number of aromatic nitrogens is 2. The maximum absolute atomic E-state index is 12.6. The van der Waals surface area contributed by atoms with E-state index in [0.717, 1.165) is 50.3 Å². The second-order valence-corrected chi connectivity index (χ2v) is 6.43. The van der Waals surface area contributed by atoms with Crippen LogP contribution in [0.1, 0.15) is 62.4 Å². The molecule has 124 valence electrons. The van der Waals surface area contributed by atoms with Gasteiger partial charge in [-0.25, -0.2) is 0 Å². The summed E-state index contributed by atoms with van der Waals surface area (Å²) in [4.78, 5) is 14.6. The molecule has 2 atom stereocenters. The Balaban J connectivity index is 1.91. The number of amides is 1. The summed E-state index contributed by atoms with van der Waals surface area (Å²) in [6, 6.07) is 0. The standard InChI is InChI=1S/C17H29N3O2/c1-5-9-22-15-7-6-8-20(11-15)16(21)10-12(2)17-13(3)18-19-14(17)4/h12,15H,5-11H2,1-4H3,(H,18,19)/t12-,15+/m0/s1. The van der Waals surface area contributed by atoms with Crippen molar-refractivity contribution < 1.29 is 9.53 Å². The Morgan fingerprint density at radius 1 is 1.50 bits per heavy atom. The molecule has 22 heavy (non-hydrogen) atoms. The molecule has 0 radical (unpaired) electrons. The Bertz CT molecular complexity index is 479. The first kappa shape index (κ1) is 17.0. The number of H-pyrrole nitrogens is 1. The fourth-order valence-electron chi connectivity index (χ4n) is 3.36. The Morgan fingerprint density at radius 3 is 2.91 bits per heavy atom. The number of nitrogens with one attached hydrogen (secondary N) is 1. The average Bonchev–Trinajstić information content (AvgIpc) is 2.84. The van der Waals surface area contributed by atoms with Crippen molar-refractivity contribution in [2.45, 2.75) is 65.4 Å². The third-order valence-electron chi connectivity index (χ3n) is 4.45. The van der Waals surface area contributed by atoms with Crippen LogP contribution in [0.2, 0.25) is 0 Å². The van der Waals surface area contributed by atoms with E-state index in [9.17, 15) is 4.79 Å². The van der Waals surface area contributed by atoms with Gasteiger partial charge in [-0.1, -0.05) is 13.8 Å². The lowest BCUT2D eigenvalue weighted by molar-refractivity contribution is -0.135. The van der Waals surface area contributed by atoms with Gasteiger partial charge in [-0.3, -0.25) is 9.89 Å². The SMILES string of the molecule is CCCO[C@@H]1CCCN(C(=O)C[C@H](C)c2c(C)n[nH]c2C)C1. The lowest BCUT2D eigenvalue weighted by Gasteiger charge is -2.33. The molecule has 2 rings (SSSR count). The molecule has 1 aliphatic rings. The normalized spacial score (nSPS) is 20.2. The van der Waals surface area contributed by atoms with E-state index >= 15 is 0 Å². The van der Waals surface area contributed by atoms with Gasteiger partial charge in [0.1, 0.15) is 0 Å². The zero-order chi connectivity index (χ0) is 16.1. The quantitative estimate of drug-likeness (QED) is 0.879. The van der Waals surface area contributed by atoms with Crippen molar-refractivity contribution in [3.05, 3.63) is 17.0 Å². The van der Waals surface area contributed by atoms with E-state index in [1.807, 2.05) is 18.7 Å². The predicted octanol–water partition coefficient (Wildman–Crippen LogP) is 2.94. The van der Waals surface area contributed by atoms with Crippen molar-refractivity contribution in [2.24, 2.45) is 0 Å².